The van der Waals surface area contributed by atoms with Gasteiger partial charge in [0.15, 0.2) is 6.20 Å². The van der Waals surface area contributed by atoms with Gasteiger partial charge >= 0.3 is 0 Å². The summed E-state index contributed by atoms with van der Waals surface area (Å²) in [5.41, 5.74) is 5.85. The van der Waals surface area contributed by atoms with Gasteiger partial charge in [-0.05, 0) is 53.6 Å². The van der Waals surface area contributed by atoms with E-state index in [1.54, 1.807) is 0 Å². The fourth-order valence-corrected chi connectivity index (χ4v) is 4.08. The maximum Gasteiger partial charge on any atom is 0.220 e. The zero-order valence-electron chi connectivity index (χ0n) is 16.1. The van der Waals surface area contributed by atoms with E-state index >= 15 is 0 Å². The molecule has 2 heterocycles. The number of hydrogen-bond acceptors (Lipinski definition) is 1. The van der Waals surface area contributed by atoms with Crippen molar-refractivity contribution >= 4 is 21.5 Å². The van der Waals surface area contributed by atoms with E-state index in [1.165, 1.54) is 38.4 Å². The zero-order valence-corrected chi connectivity index (χ0v) is 16.1. The summed E-state index contributed by atoms with van der Waals surface area (Å²) in [6.07, 6.45) is 4.04. The largest absolute Gasteiger partial charge is 0.256 e. The third-order valence-electron chi connectivity index (χ3n) is 5.34. The van der Waals surface area contributed by atoms with Crippen molar-refractivity contribution in [3.8, 4) is 22.5 Å². The molecular formula is C26H21N2+. The summed E-state index contributed by atoms with van der Waals surface area (Å²) in [5, 5.41) is 4.91. The molecule has 0 fully saturated rings. The van der Waals surface area contributed by atoms with Crippen molar-refractivity contribution in [2.45, 2.75) is 6.92 Å². The average Bonchev–Trinajstić information content (AvgIpc) is 2.72. The van der Waals surface area contributed by atoms with Crippen molar-refractivity contribution in [2.24, 2.45) is 7.05 Å². The van der Waals surface area contributed by atoms with Crippen molar-refractivity contribution in [3.05, 3.63) is 96.8 Å². The number of aromatic nitrogens is 2. The van der Waals surface area contributed by atoms with Crippen LogP contribution in [0.15, 0.2) is 91.3 Å². The Morgan fingerprint density at radius 3 is 2.21 bits per heavy atom. The minimum atomic E-state index is 1.03. The lowest BCUT2D eigenvalue weighted by Crippen LogP contribution is -2.30. The molecule has 0 amide bonds. The number of hydrogen-bond donors (Lipinski definition) is 0. The Labute approximate surface area is 164 Å². The molecule has 0 saturated carbocycles. The van der Waals surface area contributed by atoms with Gasteiger partial charge in [-0.1, -0.05) is 42.5 Å². The number of aryl methyl sites for hydroxylation is 2. The van der Waals surface area contributed by atoms with Crippen LogP contribution in [-0.4, -0.2) is 4.98 Å². The molecule has 5 aromatic rings. The molecule has 2 nitrogen and oxygen atoms in total. The van der Waals surface area contributed by atoms with E-state index in [0.29, 0.717) is 0 Å². The number of pyridine rings is 2. The molecule has 0 spiro atoms. The van der Waals surface area contributed by atoms with Crippen LogP contribution in [0.5, 0.6) is 0 Å². The SMILES string of the molecule is Cc1cc(-c2nccc3ccccc23)cc(-c2c3ccccc3cc[n+]2C)c1. The Bertz CT molecular complexity index is 1330. The van der Waals surface area contributed by atoms with Gasteiger partial charge in [0.25, 0.3) is 0 Å². The molecule has 3 aromatic carbocycles. The van der Waals surface area contributed by atoms with Gasteiger partial charge in [-0.15, -0.1) is 0 Å². The molecule has 0 aliphatic rings. The predicted molar refractivity (Wildman–Crippen MR) is 116 cm³/mol. The molecule has 0 aliphatic heterocycles. The summed E-state index contributed by atoms with van der Waals surface area (Å²) in [6.45, 7) is 2.16. The van der Waals surface area contributed by atoms with E-state index in [9.17, 15) is 0 Å². The smallest absolute Gasteiger partial charge is 0.220 e. The summed E-state index contributed by atoms with van der Waals surface area (Å²) in [5.74, 6) is 0. The van der Waals surface area contributed by atoms with Crippen LogP contribution in [0.25, 0.3) is 44.1 Å². The molecule has 5 rings (SSSR count). The summed E-state index contributed by atoms with van der Waals surface area (Å²) in [6, 6.07) is 28.0. The molecule has 0 unspecified atom stereocenters. The highest BCUT2D eigenvalue weighted by atomic mass is 14.9. The highest BCUT2D eigenvalue weighted by Crippen LogP contribution is 2.32. The second-order valence-electron chi connectivity index (χ2n) is 7.33. The second-order valence-corrected chi connectivity index (χ2v) is 7.33. The molecular weight excluding hydrogens is 340 g/mol. The van der Waals surface area contributed by atoms with Crippen LogP contribution in [0.4, 0.5) is 0 Å². The normalized spacial score (nSPS) is 11.2. The van der Waals surface area contributed by atoms with Gasteiger partial charge in [-0.25, -0.2) is 4.57 Å². The van der Waals surface area contributed by atoms with Gasteiger partial charge in [0.1, 0.15) is 7.05 Å². The molecule has 2 aromatic heterocycles. The average molecular weight is 361 g/mol. The van der Waals surface area contributed by atoms with E-state index in [1.807, 2.05) is 6.20 Å². The Hall–Kier alpha value is -3.52. The van der Waals surface area contributed by atoms with Gasteiger partial charge in [-0.2, -0.15) is 0 Å². The molecule has 2 heteroatoms. The lowest BCUT2D eigenvalue weighted by atomic mass is 9.96. The van der Waals surface area contributed by atoms with Crippen molar-refractivity contribution in [2.75, 3.05) is 0 Å². The first kappa shape index (κ1) is 16.6. The Balaban J connectivity index is 1.79. The maximum absolute atomic E-state index is 4.73. The Kier molecular flexibility index (Phi) is 3.91. The standard InChI is InChI=1S/C26H21N2/c1-18-15-21(25-23-9-5-3-7-19(23)11-13-27-25)17-22(16-18)26-24-10-6-4-8-20(24)12-14-28(26)2/h3-17H,1-2H3/q+1. The Morgan fingerprint density at radius 1 is 0.714 bits per heavy atom. The van der Waals surface area contributed by atoms with Crippen LogP contribution >= 0.6 is 0 Å². The third kappa shape index (κ3) is 2.74. The number of fused-ring (bicyclic) bond motifs is 2. The van der Waals surface area contributed by atoms with E-state index in [2.05, 4.69) is 104 Å². The van der Waals surface area contributed by atoms with Crippen LogP contribution in [0.3, 0.4) is 0 Å². The zero-order chi connectivity index (χ0) is 19.1. The first-order chi connectivity index (χ1) is 13.7. The molecule has 0 bridgehead atoms. The maximum atomic E-state index is 4.73. The summed E-state index contributed by atoms with van der Waals surface area (Å²) in [7, 11) is 2.11. The quantitative estimate of drug-likeness (QED) is 0.360. The van der Waals surface area contributed by atoms with Crippen LogP contribution in [0, 0.1) is 6.92 Å². The lowest BCUT2D eigenvalue weighted by molar-refractivity contribution is -0.659. The molecule has 0 radical (unpaired) electrons. The van der Waals surface area contributed by atoms with Gasteiger partial charge in [0, 0.05) is 28.8 Å². The highest BCUT2D eigenvalue weighted by molar-refractivity contribution is 5.97. The van der Waals surface area contributed by atoms with E-state index in [-0.39, 0.29) is 0 Å². The van der Waals surface area contributed by atoms with Crippen molar-refractivity contribution < 1.29 is 4.57 Å². The third-order valence-corrected chi connectivity index (χ3v) is 5.34. The van der Waals surface area contributed by atoms with E-state index < -0.39 is 0 Å². The van der Waals surface area contributed by atoms with Crippen LogP contribution in [-0.2, 0) is 7.05 Å². The number of rotatable bonds is 2. The highest BCUT2D eigenvalue weighted by Gasteiger charge is 2.17. The topological polar surface area (TPSA) is 16.8 Å². The fraction of sp³-hybridized carbons (Fsp3) is 0.0769. The van der Waals surface area contributed by atoms with E-state index in [0.717, 1.165) is 11.3 Å². The minimum Gasteiger partial charge on any atom is -0.256 e. The van der Waals surface area contributed by atoms with Gasteiger partial charge < -0.3 is 0 Å². The number of benzene rings is 3. The molecule has 0 atom stereocenters. The van der Waals surface area contributed by atoms with Crippen molar-refractivity contribution in [1.29, 1.82) is 0 Å². The van der Waals surface area contributed by atoms with Crippen LogP contribution in [0.1, 0.15) is 5.56 Å². The van der Waals surface area contributed by atoms with Crippen molar-refractivity contribution in [1.82, 2.24) is 4.98 Å². The van der Waals surface area contributed by atoms with Gasteiger partial charge in [0.05, 0.1) is 11.1 Å². The second kappa shape index (κ2) is 6.58. The first-order valence-electron chi connectivity index (χ1n) is 9.54. The van der Waals surface area contributed by atoms with Crippen LogP contribution in [0.2, 0.25) is 0 Å². The summed E-state index contributed by atoms with van der Waals surface area (Å²) in [4.78, 5) is 4.73. The van der Waals surface area contributed by atoms with Crippen LogP contribution < -0.4 is 4.57 Å². The fourth-order valence-electron chi connectivity index (χ4n) is 4.08. The van der Waals surface area contributed by atoms with Gasteiger partial charge in [0.2, 0.25) is 5.69 Å². The molecule has 0 saturated heterocycles. The molecule has 28 heavy (non-hydrogen) atoms. The van der Waals surface area contributed by atoms with Gasteiger partial charge in [-0.3, -0.25) is 4.98 Å². The molecule has 134 valence electrons. The molecule has 0 aliphatic carbocycles. The summed E-state index contributed by atoms with van der Waals surface area (Å²) < 4.78 is 2.21. The predicted octanol–water partition coefficient (Wildman–Crippen LogP) is 5.85. The first-order valence-corrected chi connectivity index (χ1v) is 9.54. The van der Waals surface area contributed by atoms with Crippen molar-refractivity contribution in [3.63, 3.8) is 0 Å². The lowest BCUT2D eigenvalue weighted by Gasteiger charge is -2.10. The Morgan fingerprint density at radius 2 is 1.39 bits per heavy atom. The monoisotopic (exact) mass is 361 g/mol. The van der Waals surface area contributed by atoms with E-state index in [4.69, 9.17) is 4.98 Å². The summed E-state index contributed by atoms with van der Waals surface area (Å²) >= 11 is 0. The molecule has 0 N–H and O–H groups in total. The minimum absolute atomic E-state index is 1.03. The number of nitrogens with zero attached hydrogens (tertiary/aromatic N) is 2.